The van der Waals surface area contributed by atoms with Gasteiger partial charge in [-0.25, -0.2) is 0 Å². The normalized spacial score (nSPS) is 6.25. The second-order valence-corrected chi connectivity index (χ2v) is 1.02. The maximum absolute atomic E-state index is 7.58. The summed E-state index contributed by atoms with van der Waals surface area (Å²) in [5.41, 5.74) is 0. The van der Waals surface area contributed by atoms with Crippen molar-refractivity contribution in [3.05, 3.63) is 0 Å². The van der Waals surface area contributed by atoms with Crippen LogP contribution in [0.1, 0.15) is 0 Å². The van der Waals surface area contributed by atoms with Crippen LogP contribution in [-0.2, 0) is 0 Å². The van der Waals surface area contributed by atoms with Crippen LogP contribution < -0.4 is 0 Å². The molecule has 1 N–H and O–H groups in total. The zero-order valence-electron chi connectivity index (χ0n) is 1.76. The molecular weight excluding hydrogens is 92.1 g/mol. The third-order valence-electron chi connectivity index (χ3n) is 0.0373. The van der Waals surface area contributed by atoms with Crippen molar-refractivity contribution < 1.29 is 4.55 Å². The molecule has 1 nitrogen and oxygen atoms in total. The summed E-state index contributed by atoms with van der Waals surface area (Å²) < 4.78 is 9.56. The van der Waals surface area contributed by atoms with Gasteiger partial charge in [0.2, 0.25) is 0 Å². The Labute approximate surface area is 34.2 Å². The summed E-state index contributed by atoms with van der Waals surface area (Å²) in [5.74, 6) is 0. The zero-order valence-corrected chi connectivity index (χ0v) is 3.40. The minimum Gasteiger partial charge on any atom is -0.325 e. The van der Waals surface area contributed by atoms with Crippen LogP contribution in [0.3, 0.4) is 0 Å². The average Bonchev–Trinajstić information content (AvgIpc) is 1.37. The topological polar surface area (TPSA) is 20.2 Å². The molecule has 1 radical (unpaired) electrons. The zero-order chi connectivity index (χ0) is 3.41. The highest BCUT2D eigenvalue weighted by Crippen LogP contribution is 1.76. The molecule has 23 valence electrons. The molecule has 3 heteroatoms. The van der Waals surface area contributed by atoms with E-state index in [9.17, 15) is 0 Å². The van der Waals surface area contributed by atoms with Gasteiger partial charge in [-0.05, 0) is 0 Å². The van der Waals surface area contributed by atoms with Gasteiger partial charge in [0.25, 0.3) is 0 Å². The molecule has 0 aliphatic rings. The van der Waals surface area contributed by atoms with Crippen LogP contribution in [0.5, 0.6) is 0 Å². The standard InChI is InChI=1S/CHOS2/c2-4-1-3/h2H. The van der Waals surface area contributed by atoms with Gasteiger partial charge in [0.15, 0.2) is 0 Å². The quantitative estimate of drug-likeness (QED) is 0.386. The van der Waals surface area contributed by atoms with E-state index >= 15 is 0 Å². The minimum atomic E-state index is 0.421. The van der Waals surface area contributed by atoms with Crippen molar-refractivity contribution in [1.29, 1.82) is 0 Å². The lowest BCUT2D eigenvalue weighted by atomic mass is 11.9. The van der Waals surface area contributed by atoms with E-state index in [1.54, 1.807) is 0 Å². The van der Waals surface area contributed by atoms with Crippen LogP contribution in [-0.4, -0.2) is 9.25 Å². The Balaban J connectivity index is 2.30. The summed E-state index contributed by atoms with van der Waals surface area (Å²) in [4.78, 5) is 0. The first-order valence-electron chi connectivity index (χ1n) is 0.591. The first-order chi connectivity index (χ1) is 1.91. The molecule has 0 unspecified atom stereocenters. The molecule has 0 heterocycles. The molecule has 0 aliphatic carbocycles. The molecule has 0 aromatic rings. The Hall–Kier alpha value is 0.400. The Morgan fingerprint density at radius 3 is 2.25 bits per heavy atom. The van der Waals surface area contributed by atoms with Crippen molar-refractivity contribution in [2.45, 2.75) is 0 Å². The molecule has 4 heavy (non-hydrogen) atoms. The Kier molecular flexibility index (Phi) is 3.74. The predicted octanol–water partition coefficient (Wildman–Crippen LogP) is 1.03. The largest absolute Gasteiger partial charge is 0.325 e. The van der Waals surface area contributed by atoms with Gasteiger partial charge in [-0.3, -0.25) is 0 Å². The fourth-order valence-corrected chi connectivity index (χ4v) is 0. The highest BCUT2D eigenvalue weighted by Gasteiger charge is 1.52. The van der Waals surface area contributed by atoms with Gasteiger partial charge in [-0.15, -0.1) is 0 Å². The van der Waals surface area contributed by atoms with Crippen molar-refractivity contribution in [3.63, 3.8) is 0 Å². The lowest BCUT2D eigenvalue weighted by molar-refractivity contribution is 0.674. The van der Waals surface area contributed by atoms with E-state index in [2.05, 4.69) is 12.2 Å². The van der Waals surface area contributed by atoms with E-state index < -0.39 is 0 Å². The molecule has 0 aromatic heterocycles. The van der Waals surface area contributed by atoms with Crippen LogP contribution >= 0.6 is 24.3 Å². The highest BCUT2D eigenvalue weighted by atomic mass is 32.2. The molecule has 0 bridgehead atoms. The van der Waals surface area contributed by atoms with Crippen molar-refractivity contribution in [2.24, 2.45) is 0 Å². The molecule has 0 rings (SSSR count). The molecule has 0 atom stereocenters. The second kappa shape index (κ2) is 3.40. The monoisotopic (exact) mass is 92.9 g/mol. The van der Waals surface area contributed by atoms with E-state index in [0.29, 0.717) is 12.0 Å². The molecular formula is CHOS2. The molecule has 0 aromatic carbocycles. The molecule has 0 saturated carbocycles. The number of hydrogen-bond acceptors (Lipinski definition) is 3. The summed E-state index contributed by atoms with van der Waals surface area (Å²) in [6, 6.07) is 0. The summed E-state index contributed by atoms with van der Waals surface area (Å²) in [5, 5.41) is 0. The molecule has 0 spiro atoms. The predicted molar refractivity (Wildman–Crippen MR) is 22.8 cm³/mol. The fraction of sp³-hybridized carbons (Fsp3) is 0. The molecule has 0 fully saturated rings. The van der Waals surface area contributed by atoms with Crippen LogP contribution in [0.2, 0.25) is 0 Å². The second-order valence-electron chi connectivity index (χ2n) is 0.175. The highest BCUT2D eigenvalue weighted by molar-refractivity contribution is 8.17. The smallest absolute Gasteiger partial charge is 0.125 e. The molecule has 0 aliphatic heterocycles. The van der Waals surface area contributed by atoms with E-state index in [4.69, 9.17) is 4.55 Å². The van der Waals surface area contributed by atoms with Crippen LogP contribution in [0.4, 0.5) is 0 Å². The fourth-order valence-electron chi connectivity index (χ4n) is 0. The summed E-state index contributed by atoms with van der Waals surface area (Å²) in [6.07, 6.45) is 0. The van der Waals surface area contributed by atoms with Crippen LogP contribution in [0.15, 0.2) is 0 Å². The first-order valence-corrected chi connectivity index (χ1v) is 1.77. The Bertz CT molecular complexity index is 20.0. The maximum atomic E-state index is 7.58. The number of rotatable bonds is 1. The Morgan fingerprint density at radius 2 is 2.25 bits per heavy atom. The maximum Gasteiger partial charge on any atom is 0.125 e. The van der Waals surface area contributed by atoms with Gasteiger partial charge in [0.1, 0.15) is 4.70 Å². The summed E-state index contributed by atoms with van der Waals surface area (Å²) >= 11 is 4.44. The molecule has 0 amide bonds. The van der Waals surface area contributed by atoms with Gasteiger partial charge in [-0.1, -0.05) is 12.2 Å². The van der Waals surface area contributed by atoms with Gasteiger partial charge >= 0.3 is 0 Å². The van der Waals surface area contributed by atoms with Gasteiger partial charge < -0.3 is 4.55 Å². The summed E-state index contributed by atoms with van der Waals surface area (Å²) in [6.45, 7) is 0. The number of thiocarbonyl (C=S) groups is 1. The van der Waals surface area contributed by atoms with E-state index in [1.165, 1.54) is 0 Å². The van der Waals surface area contributed by atoms with Crippen molar-refractivity contribution in [3.8, 4) is 0 Å². The van der Waals surface area contributed by atoms with Gasteiger partial charge in [0.05, 0.1) is 0 Å². The molecule has 0 saturated heterocycles. The van der Waals surface area contributed by atoms with Crippen molar-refractivity contribution >= 4 is 29.0 Å². The van der Waals surface area contributed by atoms with Crippen molar-refractivity contribution in [1.82, 2.24) is 0 Å². The van der Waals surface area contributed by atoms with Crippen LogP contribution in [0, 0.1) is 0 Å². The summed E-state index contributed by atoms with van der Waals surface area (Å²) in [7, 11) is 0. The third kappa shape index (κ3) is 2.40. The minimum absolute atomic E-state index is 0.421. The van der Waals surface area contributed by atoms with Gasteiger partial charge in [-0.2, -0.15) is 0 Å². The third-order valence-corrected chi connectivity index (χ3v) is 0.335. The average molecular weight is 93.2 g/mol. The van der Waals surface area contributed by atoms with E-state index in [0.717, 1.165) is 0 Å². The van der Waals surface area contributed by atoms with Gasteiger partial charge in [0, 0.05) is 12.0 Å². The Morgan fingerprint density at radius 1 is 2.00 bits per heavy atom. The van der Waals surface area contributed by atoms with Crippen LogP contribution in [0.25, 0.3) is 0 Å². The van der Waals surface area contributed by atoms with E-state index in [1.807, 2.05) is 4.70 Å². The lowest BCUT2D eigenvalue weighted by Gasteiger charge is -1.54. The lowest BCUT2D eigenvalue weighted by Crippen LogP contribution is -1.40. The first kappa shape index (κ1) is 4.40. The SMILES string of the molecule is OS[C]=S. The van der Waals surface area contributed by atoms with E-state index in [-0.39, 0.29) is 0 Å². The van der Waals surface area contributed by atoms with Crippen molar-refractivity contribution in [2.75, 3.05) is 0 Å². The number of hydrogen-bond donors (Lipinski definition) is 1.